The molecular formula is C22H25FN4O. The number of nitrogens with two attached hydrogens (primary N) is 1. The number of rotatable bonds is 6. The second-order valence-corrected chi connectivity index (χ2v) is 7.56. The molecule has 0 saturated heterocycles. The number of carbonyl (C=O) groups is 1. The van der Waals surface area contributed by atoms with E-state index in [-0.39, 0.29) is 5.82 Å². The van der Waals surface area contributed by atoms with Crippen molar-refractivity contribution in [2.24, 2.45) is 11.7 Å². The molecule has 4 rings (SSSR count). The van der Waals surface area contributed by atoms with Crippen LogP contribution in [0.25, 0.3) is 11.0 Å². The number of fused-ring (bicyclic) bond motifs is 1. The molecule has 1 amide bonds. The molecule has 0 spiro atoms. The minimum atomic E-state index is -0.468. The van der Waals surface area contributed by atoms with Gasteiger partial charge < -0.3 is 15.6 Å². The van der Waals surface area contributed by atoms with Crippen molar-refractivity contribution >= 4 is 22.9 Å². The molecule has 0 atom stereocenters. The fourth-order valence-electron chi connectivity index (χ4n) is 4.05. The van der Waals surface area contributed by atoms with Gasteiger partial charge in [-0.25, -0.2) is 9.37 Å². The number of hydrogen-bond donors (Lipinski definition) is 2. The van der Waals surface area contributed by atoms with E-state index in [2.05, 4.69) is 14.9 Å². The number of primary amides is 1. The van der Waals surface area contributed by atoms with Gasteiger partial charge in [-0.05, 0) is 43.0 Å². The van der Waals surface area contributed by atoms with Crippen LogP contribution >= 0.6 is 0 Å². The Morgan fingerprint density at radius 2 is 1.96 bits per heavy atom. The van der Waals surface area contributed by atoms with Crippen molar-refractivity contribution in [2.45, 2.75) is 45.2 Å². The van der Waals surface area contributed by atoms with E-state index in [0.29, 0.717) is 29.5 Å². The number of carbonyl (C=O) groups excluding carboxylic acids is 1. The monoisotopic (exact) mass is 380 g/mol. The van der Waals surface area contributed by atoms with Gasteiger partial charge in [0.1, 0.15) is 5.82 Å². The zero-order valence-corrected chi connectivity index (χ0v) is 15.8. The number of imidazole rings is 1. The third-order valence-corrected chi connectivity index (χ3v) is 5.59. The zero-order chi connectivity index (χ0) is 19.5. The van der Waals surface area contributed by atoms with Gasteiger partial charge in [0.2, 0.25) is 11.9 Å². The van der Waals surface area contributed by atoms with Crippen molar-refractivity contribution < 1.29 is 9.18 Å². The lowest BCUT2D eigenvalue weighted by Gasteiger charge is -2.23. The molecule has 1 aromatic heterocycles. The van der Waals surface area contributed by atoms with Crippen LogP contribution in [-0.4, -0.2) is 15.5 Å². The predicted octanol–water partition coefficient (Wildman–Crippen LogP) is 4.47. The molecule has 6 heteroatoms. The standard InChI is InChI=1S/C22H25FN4O/c23-18-9-5-4-8-17(18)13-25-22-26-19-12-16(21(24)28)10-11-20(19)27(22)14-15-6-2-1-3-7-15/h4-5,8-12,15H,1-3,6-7,13-14H2,(H2,24,28)(H,25,26). The molecule has 5 nitrogen and oxygen atoms in total. The Morgan fingerprint density at radius 1 is 1.18 bits per heavy atom. The molecule has 2 aromatic carbocycles. The first kappa shape index (κ1) is 18.5. The lowest BCUT2D eigenvalue weighted by Crippen LogP contribution is -2.16. The average Bonchev–Trinajstić information content (AvgIpc) is 3.05. The summed E-state index contributed by atoms with van der Waals surface area (Å²) in [6.45, 7) is 1.22. The Kier molecular flexibility index (Phi) is 5.28. The van der Waals surface area contributed by atoms with E-state index in [9.17, 15) is 9.18 Å². The van der Waals surface area contributed by atoms with Gasteiger partial charge in [0.15, 0.2) is 0 Å². The second-order valence-electron chi connectivity index (χ2n) is 7.56. The summed E-state index contributed by atoms with van der Waals surface area (Å²) >= 11 is 0. The Balaban J connectivity index is 1.66. The van der Waals surface area contributed by atoms with Crippen LogP contribution in [-0.2, 0) is 13.1 Å². The van der Waals surface area contributed by atoms with Gasteiger partial charge in [0.05, 0.1) is 11.0 Å². The first-order valence-electron chi connectivity index (χ1n) is 9.89. The van der Waals surface area contributed by atoms with Crippen LogP contribution in [0.15, 0.2) is 42.5 Å². The summed E-state index contributed by atoms with van der Waals surface area (Å²) in [5.74, 6) is 0.604. The first-order chi connectivity index (χ1) is 13.6. The number of aromatic nitrogens is 2. The van der Waals surface area contributed by atoms with E-state index in [0.717, 1.165) is 17.6 Å². The summed E-state index contributed by atoms with van der Waals surface area (Å²) in [4.78, 5) is 16.2. The third kappa shape index (κ3) is 3.86. The van der Waals surface area contributed by atoms with Gasteiger partial charge >= 0.3 is 0 Å². The largest absolute Gasteiger partial charge is 0.366 e. The van der Waals surface area contributed by atoms with E-state index in [4.69, 9.17) is 5.73 Å². The van der Waals surface area contributed by atoms with Crippen molar-refractivity contribution in [1.29, 1.82) is 0 Å². The normalized spacial score (nSPS) is 15.0. The molecule has 0 bridgehead atoms. The lowest BCUT2D eigenvalue weighted by molar-refractivity contribution is 0.100. The average molecular weight is 380 g/mol. The molecule has 1 saturated carbocycles. The highest BCUT2D eigenvalue weighted by molar-refractivity contribution is 5.96. The van der Waals surface area contributed by atoms with E-state index in [1.807, 2.05) is 12.1 Å². The van der Waals surface area contributed by atoms with Gasteiger partial charge in [-0.1, -0.05) is 37.5 Å². The summed E-state index contributed by atoms with van der Waals surface area (Å²) in [7, 11) is 0. The summed E-state index contributed by atoms with van der Waals surface area (Å²) in [5, 5.41) is 3.29. The van der Waals surface area contributed by atoms with Crippen molar-refractivity contribution in [2.75, 3.05) is 5.32 Å². The quantitative estimate of drug-likeness (QED) is 0.663. The Bertz CT molecular complexity index is 991. The summed E-state index contributed by atoms with van der Waals surface area (Å²) in [6, 6.07) is 12.1. The van der Waals surface area contributed by atoms with Crippen LogP contribution < -0.4 is 11.1 Å². The van der Waals surface area contributed by atoms with Crippen LogP contribution in [0.3, 0.4) is 0 Å². The number of benzene rings is 2. The number of amides is 1. The fraction of sp³-hybridized carbons (Fsp3) is 0.364. The fourth-order valence-corrected chi connectivity index (χ4v) is 4.05. The van der Waals surface area contributed by atoms with E-state index < -0.39 is 5.91 Å². The highest BCUT2D eigenvalue weighted by Gasteiger charge is 2.19. The molecule has 0 unspecified atom stereocenters. The Hall–Kier alpha value is -2.89. The van der Waals surface area contributed by atoms with Gasteiger partial charge in [-0.2, -0.15) is 0 Å². The number of nitrogens with one attached hydrogen (secondary N) is 1. The molecule has 1 aliphatic rings. The topological polar surface area (TPSA) is 72.9 Å². The molecule has 0 aliphatic heterocycles. The molecule has 3 N–H and O–H groups in total. The zero-order valence-electron chi connectivity index (χ0n) is 15.8. The Morgan fingerprint density at radius 3 is 2.71 bits per heavy atom. The number of hydrogen-bond acceptors (Lipinski definition) is 3. The van der Waals surface area contributed by atoms with Crippen LogP contribution in [0.2, 0.25) is 0 Å². The maximum atomic E-state index is 14.0. The maximum Gasteiger partial charge on any atom is 0.248 e. The van der Waals surface area contributed by atoms with Crippen LogP contribution in [0.5, 0.6) is 0 Å². The molecule has 28 heavy (non-hydrogen) atoms. The van der Waals surface area contributed by atoms with Gasteiger partial charge in [0, 0.05) is 24.2 Å². The van der Waals surface area contributed by atoms with E-state index in [1.54, 1.807) is 24.3 Å². The van der Waals surface area contributed by atoms with E-state index in [1.165, 1.54) is 38.2 Å². The number of halogens is 1. The molecule has 1 heterocycles. The maximum absolute atomic E-state index is 14.0. The van der Waals surface area contributed by atoms with Gasteiger partial charge in [-0.3, -0.25) is 4.79 Å². The highest BCUT2D eigenvalue weighted by atomic mass is 19.1. The van der Waals surface area contributed by atoms with Gasteiger partial charge in [-0.15, -0.1) is 0 Å². The smallest absolute Gasteiger partial charge is 0.248 e. The summed E-state index contributed by atoms with van der Waals surface area (Å²) in [5.41, 5.74) is 8.14. The van der Waals surface area contributed by atoms with Gasteiger partial charge in [0.25, 0.3) is 0 Å². The molecule has 1 fully saturated rings. The van der Waals surface area contributed by atoms with Crippen LogP contribution in [0.4, 0.5) is 10.3 Å². The third-order valence-electron chi connectivity index (χ3n) is 5.59. The Labute approximate surface area is 163 Å². The minimum absolute atomic E-state index is 0.235. The molecule has 1 aliphatic carbocycles. The number of anilines is 1. The first-order valence-corrected chi connectivity index (χ1v) is 9.89. The second kappa shape index (κ2) is 8.00. The molecule has 0 radical (unpaired) electrons. The van der Waals surface area contributed by atoms with Crippen molar-refractivity contribution in [3.8, 4) is 0 Å². The molecular weight excluding hydrogens is 355 g/mol. The SMILES string of the molecule is NC(=O)c1ccc2c(c1)nc(NCc1ccccc1F)n2CC1CCCCC1. The van der Waals surface area contributed by atoms with Crippen LogP contribution in [0, 0.1) is 11.7 Å². The molecule has 146 valence electrons. The van der Waals surface area contributed by atoms with Crippen molar-refractivity contribution in [3.05, 3.63) is 59.4 Å². The van der Waals surface area contributed by atoms with E-state index >= 15 is 0 Å². The highest BCUT2D eigenvalue weighted by Crippen LogP contribution is 2.29. The number of nitrogens with zero attached hydrogens (tertiary/aromatic N) is 2. The van der Waals surface area contributed by atoms with Crippen LogP contribution in [0.1, 0.15) is 48.0 Å². The minimum Gasteiger partial charge on any atom is -0.366 e. The molecule has 3 aromatic rings. The summed E-state index contributed by atoms with van der Waals surface area (Å²) < 4.78 is 16.2. The summed E-state index contributed by atoms with van der Waals surface area (Å²) in [6.07, 6.45) is 6.27. The van der Waals surface area contributed by atoms with Crippen molar-refractivity contribution in [1.82, 2.24) is 9.55 Å². The predicted molar refractivity (Wildman–Crippen MR) is 109 cm³/mol. The van der Waals surface area contributed by atoms with Crippen molar-refractivity contribution in [3.63, 3.8) is 0 Å². The lowest BCUT2D eigenvalue weighted by atomic mass is 9.89.